The molecule has 0 aliphatic carbocycles. The van der Waals surface area contributed by atoms with Gasteiger partial charge in [-0.15, -0.1) is 0 Å². The first-order valence-electron chi connectivity index (χ1n) is 3.99. The van der Waals surface area contributed by atoms with Crippen LogP contribution in [0, 0.1) is 5.92 Å². The molecule has 12 heavy (non-hydrogen) atoms. The van der Waals surface area contributed by atoms with Gasteiger partial charge in [0.05, 0.1) is 12.9 Å². The number of methoxy groups -OCH3 is 1. The van der Waals surface area contributed by atoms with Gasteiger partial charge in [0.25, 0.3) is 0 Å². The first-order valence-corrected chi connectivity index (χ1v) is 3.99. The Bertz CT molecular complexity index is 194. The standard InChI is InChI=1S/C9H14O3/c1-11-7-8(6-10)5-9-3-2-4-12-9/h2-4,8,10H,5-7H2,1H3. The molecular formula is C9H14O3. The molecule has 68 valence electrons. The zero-order valence-electron chi connectivity index (χ0n) is 7.19. The van der Waals surface area contributed by atoms with Gasteiger partial charge < -0.3 is 14.3 Å². The molecule has 1 aromatic heterocycles. The molecule has 1 unspecified atom stereocenters. The summed E-state index contributed by atoms with van der Waals surface area (Å²) in [6, 6.07) is 3.74. The van der Waals surface area contributed by atoms with E-state index in [1.807, 2.05) is 12.1 Å². The average Bonchev–Trinajstić information content (AvgIpc) is 2.56. The van der Waals surface area contributed by atoms with Crippen molar-refractivity contribution in [3.8, 4) is 0 Å². The first kappa shape index (κ1) is 9.29. The van der Waals surface area contributed by atoms with Gasteiger partial charge >= 0.3 is 0 Å². The smallest absolute Gasteiger partial charge is 0.104 e. The summed E-state index contributed by atoms with van der Waals surface area (Å²) in [7, 11) is 1.63. The summed E-state index contributed by atoms with van der Waals surface area (Å²) in [5.41, 5.74) is 0. The van der Waals surface area contributed by atoms with Crippen LogP contribution in [0.5, 0.6) is 0 Å². The van der Waals surface area contributed by atoms with Crippen molar-refractivity contribution in [1.82, 2.24) is 0 Å². The molecule has 0 radical (unpaired) electrons. The molecule has 0 aromatic carbocycles. The van der Waals surface area contributed by atoms with Crippen LogP contribution >= 0.6 is 0 Å². The summed E-state index contributed by atoms with van der Waals surface area (Å²) in [5, 5.41) is 8.93. The van der Waals surface area contributed by atoms with E-state index < -0.39 is 0 Å². The maximum atomic E-state index is 8.93. The van der Waals surface area contributed by atoms with Crippen LogP contribution in [0.1, 0.15) is 5.76 Å². The van der Waals surface area contributed by atoms with Gasteiger partial charge in [0, 0.05) is 26.1 Å². The zero-order chi connectivity index (χ0) is 8.81. The summed E-state index contributed by atoms with van der Waals surface area (Å²) in [5.74, 6) is 1.03. The molecular weight excluding hydrogens is 156 g/mol. The van der Waals surface area contributed by atoms with Crippen molar-refractivity contribution in [2.45, 2.75) is 6.42 Å². The zero-order valence-corrected chi connectivity index (χ0v) is 7.19. The van der Waals surface area contributed by atoms with Gasteiger partial charge in [0.2, 0.25) is 0 Å². The fourth-order valence-corrected chi connectivity index (χ4v) is 1.13. The lowest BCUT2D eigenvalue weighted by molar-refractivity contribution is 0.107. The minimum atomic E-state index is 0.133. The number of furan rings is 1. The highest BCUT2D eigenvalue weighted by Gasteiger charge is 2.09. The van der Waals surface area contributed by atoms with Crippen LogP contribution < -0.4 is 0 Å². The van der Waals surface area contributed by atoms with Gasteiger partial charge in [-0.3, -0.25) is 0 Å². The highest BCUT2D eigenvalue weighted by molar-refractivity contribution is 4.99. The minimum absolute atomic E-state index is 0.133. The van der Waals surface area contributed by atoms with Gasteiger partial charge in [-0.05, 0) is 12.1 Å². The van der Waals surface area contributed by atoms with Crippen LogP contribution in [0.15, 0.2) is 22.8 Å². The van der Waals surface area contributed by atoms with Crippen LogP contribution in [0.4, 0.5) is 0 Å². The highest BCUT2D eigenvalue weighted by Crippen LogP contribution is 2.08. The van der Waals surface area contributed by atoms with E-state index >= 15 is 0 Å². The van der Waals surface area contributed by atoms with E-state index in [0.717, 1.165) is 12.2 Å². The molecule has 0 saturated carbocycles. The summed E-state index contributed by atoms with van der Waals surface area (Å²) in [4.78, 5) is 0. The largest absolute Gasteiger partial charge is 0.469 e. The third-order valence-corrected chi connectivity index (χ3v) is 1.73. The molecule has 1 atom stereocenters. The molecule has 3 nitrogen and oxygen atoms in total. The number of aliphatic hydroxyl groups excluding tert-OH is 1. The molecule has 0 bridgehead atoms. The minimum Gasteiger partial charge on any atom is -0.469 e. The van der Waals surface area contributed by atoms with Gasteiger partial charge in [-0.1, -0.05) is 0 Å². The Morgan fingerprint density at radius 1 is 1.67 bits per heavy atom. The van der Waals surface area contributed by atoms with Crippen LogP contribution in [0.2, 0.25) is 0 Å². The van der Waals surface area contributed by atoms with Gasteiger partial charge in [-0.25, -0.2) is 0 Å². The predicted octanol–water partition coefficient (Wildman–Crippen LogP) is 1.08. The second kappa shape index (κ2) is 4.95. The predicted molar refractivity (Wildman–Crippen MR) is 44.9 cm³/mol. The van der Waals surface area contributed by atoms with Gasteiger partial charge in [0.15, 0.2) is 0 Å². The molecule has 0 amide bonds. The average molecular weight is 170 g/mol. The van der Waals surface area contributed by atoms with Crippen LogP contribution in [0.25, 0.3) is 0 Å². The second-order valence-electron chi connectivity index (χ2n) is 2.79. The van der Waals surface area contributed by atoms with Gasteiger partial charge in [-0.2, -0.15) is 0 Å². The third kappa shape index (κ3) is 2.68. The van der Waals surface area contributed by atoms with Gasteiger partial charge in [0.1, 0.15) is 5.76 Å². The Balaban J connectivity index is 2.37. The molecule has 0 fully saturated rings. The number of rotatable bonds is 5. The molecule has 1 aromatic rings. The maximum absolute atomic E-state index is 8.93. The summed E-state index contributed by atoms with van der Waals surface area (Å²) < 4.78 is 10.1. The van der Waals surface area contributed by atoms with Crippen LogP contribution in [-0.4, -0.2) is 25.4 Å². The molecule has 0 aliphatic rings. The molecule has 1 rings (SSSR count). The monoisotopic (exact) mass is 170 g/mol. The normalized spacial score (nSPS) is 13.2. The lowest BCUT2D eigenvalue weighted by Crippen LogP contribution is -2.15. The van der Waals surface area contributed by atoms with E-state index in [-0.39, 0.29) is 12.5 Å². The quantitative estimate of drug-likeness (QED) is 0.719. The highest BCUT2D eigenvalue weighted by atomic mass is 16.5. The Labute approximate surface area is 72.0 Å². The van der Waals surface area contributed by atoms with Crippen molar-refractivity contribution in [2.75, 3.05) is 20.3 Å². The number of hydrogen-bond acceptors (Lipinski definition) is 3. The Kier molecular flexibility index (Phi) is 3.84. The van der Waals surface area contributed by atoms with E-state index in [1.54, 1.807) is 13.4 Å². The Morgan fingerprint density at radius 3 is 3.00 bits per heavy atom. The Hall–Kier alpha value is -0.800. The van der Waals surface area contributed by atoms with Crippen molar-refractivity contribution in [1.29, 1.82) is 0 Å². The topological polar surface area (TPSA) is 42.6 Å². The van der Waals surface area contributed by atoms with E-state index in [1.165, 1.54) is 0 Å². The fraction of sp³-hybridized carbons (Fsp3) is 0.556. The van der Waals surface area contributed by atoms with E-state index in [2.05, 4.69) is 0 Å². The summed E-state index contributed by atoms with van der Waals surface area (Å²) >= 11 is 0. The molecule has 0 spiro atoms. The molecule has 0 saturated heterocycles. The van der Waals surface area contributed by atoms with Crippen molar-refractivity contribution in [2.24, 2.45) is 5.92 Å². The number of hydrogen-bond donors (Lipinski definition) is 1. The molecule has 1 N–H and O–H groups in total. The number of aliphatic hydroxyl groups is 1. The molecule has 0 aliphatic heterocycles. The molecule has 3 heteroatoms. The fourth-order valence-electron chi connectivity index (χ4n) is 1.13. The Morgan fingerprint density at radius 2 is 2.50 bits per heavy atom. The van der Waals surface area contributed by atoms with E-state index in [0.29, 0.717) is 6.61 Å². The second-order valence-corrected chi connectivity index (χ2v) is 2.79. The third-order valence-electron chi connectivity index (χ3n) is 1.73. The summed E-state index contributed by atoms with van der Waals surface area (Å²) in [6.07, 6.45) is 2.37. The lowest BCUT2D eigenvalue weighted by atomic mass is 10.1. The van der Waals surface area contributed by atoms with Crippen molar-refractivity contribution >= 4 is 0 Å². The van der Waals surface area contributed by atoms with E-state index in [9.17, 15) is 0 Å². The van der Waals surface area contributed by atoms with Crippen molar-refractivity contribution < 1.29 is 14.3 Å². The first-order chi connectivity index (χ1) is 5.86. The summed E-state index contributed by atoms with van der Waals surface area (Å²) in [6.45, 7) is 0.700. The SMILES string of the molecule is COCC(CO)Cc1ccco1. The molecule has 1 heterocycles. The van der Waals surface area contributed by atoms with Crippen molar-refractivity contribution in [3.63, 3.8) is 0 Å². The maximum Gasteiger partial charge on any atom is 0.104 e. The van der Waals surface area contributed by atoms with Crippen LogP contribution in [-0.2, 0) is 11.2 Å². The number of ether oxygens (including phenoxy) is 1. The lowest BCUT2D eigenvalue weighted by Gasteiger charge is -2.10. The van der Waals surface area contributed by atoms with Crippen LogP contribution in [0.3, 0.4) is 0 Å². The van der Waals surface area contributed by atoms with Crippen molar-refractivity contribution in [3.05, 3.63) is 24.2 Å². The van der Waals surface area contributed by atoms with E-state index in [4.69, 9.17) is 14.3 Å².